The van der Waals surface area contributed by atoms with Gasteiger partial charge in [-0.05, 0) is 62.1 Å². The number of aryl methyl sites for hydroxylation is 1. The number of nitrogens with zero attached hydrogens (tertiary/aromatic N) is 1. The molecule has 2 aromatic carbocycles. The van der Waals surface area contributed by atoms with Crippen LogP contribution in [0.25, 0.3) is 0 Å². The maximum absolute atomic E-state index is 12.9. The Balaban J connectivity index is 1.95. The molecule has 2 aromatic rings. The smallest absolute Gasteiger partial charge is 0.261 e. The molecule has 0 bridgehead atoms. The number of amides is 1. The number of benzene rings is 2. The van der Waals surface area contributed by atoms with Crippen LogP contribution in [0.4, 0.5) is 5.69 Å². The molecule has 1 N–H and O–H groups in total. The van der Waals surface area contributed by atoms with E-state index in [-0.39, 0.29) is 16.4 Å². The molecule has 0 aromatic heterocycles. The van der Waals surface area contributed by atoms with Gasteiger partial charge in [-0.1, -0.05) is 17.7 Å². The van der Waals surface area contributed by atoms with Gasteiger partial charge < -0.3 is 9.64 Å². The van der Waals surface area contributed by atoms with Gasteiger partial charge in [0.25, 0.3) is 15.9 Å². The molecule has 1 heterocycles. The van der Waals surface area contributed by atoms with Crippen LogP contribution in [-0.2, 0) is 10.0 Å². The molecular weight excluding hydrogens is 400 g/mol. The summed E-state index contributed by atoms with van der Waals surface area (Å²) >= 11 is 5.98. The number of carbonyl (C=O) groups excluding carboxylic acids is 1. The summed E-state index contributed by atoms with van der Waals surface area (Å²) in [5, 5.41) is 0.430. The van der Waals surface area contributed by atoms with Gasteiger partial charge in [-0.2, -0.15) is 0 Å². The number of nitrogens with one attached hydrogen (secondary N) is 1. The summed E-state index contributed by atoms with van der Waals surface area (Å²) in [5.74, 6) is 0.140. The fraction of sp³-hybridized carbons (Fsp3) is 0.350. The van der Waals surface area contributed by atoms with Crippen molar-refractivity contribution in [1.82, 2.24) is 4.90 Å². The Bertz CT molecular complexity index is 986. The van der Waals surface area contributed by atoms with E-state index < -0.39 is 10.0 Å². The van der Waals surface area contributed by atoms with Crippen LogP contribution < -0.4 is 9.46 Å². The first kappa shape index (κ1) is 20.5. The summed E-state index contributed by atoms with van der Waals surface area (Å²) in [6, 6.07) is 9.29. The summed E-state index contributed by atoms with van der Waals surface area (Å²) in [4.78, 5) is 14.7. The lowest BCUT2D eigenvalue weighted by molar-refractivity contribution is 0.0720. The molecule has 150 valence electrons. The van der Waals surface area contributed by atoms with Crippen molar-refractivity contribution >= 4 is 33.2 Å². The lowest BCUT2D eigenvalue weighted by atomic mass is 10.1. The fourth-order valence-electron chi connectivity index (χ4n) is 3.20. The van der Waals surface area contributed by atoms with Gasteiger partial charge in [0.2, 0.25) is 0 Å². The monoisotopic (exact) mass is 422 g/mol. The second-order valence-corrected chi connectivity index (χ2v) is 8.90. The molecule has 28 heavy (non-hydrogen) atoms. The molecule has 0 atom stereocenters. The molecule has 1 aliphatic heterocycles. The Labute approximate surface area is 170 Å². The van der Waals surface area contributed by atoms with Gasteiger partial charge in [0.05, 0.1) is 23.3 Å². The number of methoxy groups -OCH3 is 1. The van der Waals surface area contributed by atoms with E-state index in [0.717, 1.165) is 24.8 Å². The second kappa shape index (κ2) is 8.41. The first-order valence-electron chi connectivity index (χ1n) is 9.08. The van der Waals surface area contributed by atoms with Crippen LogP contribution in [0.3, 0.4) is 0 Å². The van der Waals surface area contributed by atoms with Crippen LogP contribution in [0.2, 0.25) is 5.02 Å². The normalized spacial score (nSPS) is 14.6. The quantitative estimate of drug-likeness (QED) is 0.787. The van der Waals surface area contributed by atoms with E-state index in [2.05, 4.69) is 4.72 Å². The predicted octanol–water partition coefficient (Wildman–Crippen LogP) is 4.08. The van der Waals surface area contributed by atoms with Crippen molar-refractivity contribution in [2.45, 2.75) is 31.1 Å². The van der Waals surface area contributed by atoms with Crippen molar-refractivity contribution < 1.29 is 17.9 Å². The van der Waals surface area contributed by atoms with Crippen molar-refractivity contribution in [2.75, 3.05) is 24.9 Å². The van der Waals surface area contributed by atoms with Crippen molar-refractivity contribution in [1.29, 1.82) is 0 Å². The van der Waals surface area contributed by atoms with E-state index in [4.69, 9.17) is 16.3 Å². The highest BCUT2D eigenvalue weighted by atomic mass is 35.5. The number of carbonyl (C=O) groups is 1. The minimum Gasteiger partial charge on any atom is -0.496 e. The van der Waals surface area contributed by atoms with Gasteiger partial charge in [-0.15, -0.1) is 0 Å². The molecule has 1 amide bonds. The molecule has 0 aliphatic carbocycles. The molecule has 1 fully saturated rings. The number of sulfonamides is 1. The highest BCUT2D eigenvalue weighted by Crippen LogP contribution is 2.28. The zero-order valence-corrected chi connectivity index (χ0v) is 17.4. The van der Waals surface area contributed by atoms with Gasteiger partial charge in [-0.3, -0.25) is 9.52 Å². The molecule has 1 aliphatic rings. The summed E-state index contributed by atoms with van der Waals surface area (Å²) in [5.41, 5.74) is 1.38. The summed E-state index contributed by atoms with van der Waals surface area (Å²) in [6.45, 7) is 3.12. The second-order valence-electron chi connectivity index (χ2n) is 6.78. The maximum atomic E-state index is 12.9. The standard InChI is InChI=1S/C20H23ClN2O4S/c1-14-6-7-15(21)12-18(14)22-28(25,26)16-8-9-19(27-2)17(13-16)20(24)23-10-4-3-5-11-23/h6-9,12-13,22H,3-5,10-11H2,1-2H3. The van der Waals surface area contributed by atoms with Crippen molar-refractivity contribution in [3.05, 3.63) is 52.5 Å². The first-order chi connectivity index (χ1) is 13.3. The van der Waals surface area contributed by atoms with E-state index >= 15 is 0 Å². The Morgan fingerprint density at radius 3 is 2.50 bits per heavy atom. The van der Waals surface area contributed by atoms with Gasteiger partial charge in [0.1, 0.15) is 5.75 Å². The number of piperidine rings is 1. The van der Waals surface area contributed by atoms with Crippen molar-refractivity contribution in [3.8, 4) is 5.75 Å². The maximum Gasteiger partial charge on any atom is 0.261 e. The number of rotatable bonds is 5. The molecule has 8 heteroatoms. The third-order valence-electron chi connectivity index (χ3n) is 4.80. The highest BCUT2D eigenvalue weighted by Gasteiger charge is 2.24. The van der Waals surface area contributed by atoms with E-state index in [1.54, 1.807) is 30.0 Å². The SMILES string of the molecule is COc1ccc(S(=O)(=O)Nc2cc(Cl)ccc2C)cc1C(=O)N1CCCCC1. The minimum absolute atomic E-state index is 0.00645. The predicted molar refractivity (Wildman–Crippen MR) is 110 cm³/mol. The largest absolute Gasteiger partial charge is 0.496 e. The molecule has 3 rings (SSSR count). The van der Waals surface area contributed by atoms with E-state index in [1.165, 1.54) is 25.3 Å². The van der Waals surface area contributed by atoms with Crippen LogP contribution in [0.5, 0.6) is 5.75 Å². The minimum atomic E-state index is -3.90. The van der Waals surface area contributed by atoms with Crippen LogP contribution >= 0.6 is 11.6 Å². The molecule has 0 unspecified atom stereocenters. The fourth-order valence-corrected chi connectivity index (χ4v) is 4.52. The summed E-state index contributed by atoms with van der Waals surface area (Å²) in [6.07, 6.45) is 2.99. The third-order valence-corrected chi connectivity index (χ3v) is 6.40. The van der Waals surface area contributed by atoms with Crippen LogP contribution in [-0.4, -0.2) is 39.4 Å². The van der Waals surface area contributed by atoms with Gasteiger partial charge in [0.15, 0.2) is 0 Å². The number of anilines is 1. The van der Waals surface area contributed by atoms with Crippen LogP contribution in [0.15, 0.2) is 41.3 Å². The Morgan fingerprint density at radius 2 is 1.82 bits per heavy atom. The summed E-state index contributed by atoms with van der Waals surface area (Å²) < 4.78 is 33.6. The summed E-state index contributed by atoms with van der Waals surface area (Å²) in [7, 11) is -2.44. The Morgan fingerprint density at radius 1 is 1.11 bits per heavy atom. The molecule has 0 saturated carbocycles. The van der Waals surface area contributed by atoms with E-state index in [1.807, 2.05) is 0 Å². The average Bonchev–Trinajstić information content (AvgIpc) is 2.70. The first-order valence-corrected chi connectivity index (χ1v) is 10.9. The lowest BCUT2D eigenvalue weighted by Gasteiger charge is -2.27. The molecule has 6 nitrogen and oxygen atoms in total. The Hall–Kier alpha value is -2.25. The molecule has 0 radical (unpaired) electrons. The number of hydrogen-bond donors (Lipinski definition) is 1. The zero-order chi connectivity index (χ0) is 20.3. The van der Waals surface area contributed by atoms with Gasteiger partial charge >= 0.3 is 0 Å². The van der Waals surface area contributed by atoms with E-state index in [0.29, 0.717) is 29.5 Å². The van der Waals surface area contributed by atoms with Crippen LogP contribution in [0, 0.1) is 6.92 Å². The Kier molecular flexibility index (Phi) is 6.15. The third kappa shape index (κ3) is 4.42. The molecule has 0 spiro atoms. The van der Waals surface area contributed by atoms with Crippen molar-refractivity contribution in [3.63, 3.8) is 0 Å². The zero-order valence-electron chi connectivity index (χ0n) is 15.9. The number of halogens is 1. The molecular formula is C20H23ClN2O4S. The average molecular weight is 423 g/mol. The van der Waals surface area contributed by atoms with Crippen molar-refractivity contribution in [2.24, 2.45) is 0 Å². The lowest BCUT2D eigenvalue weighted by Crippen LogP contribution is -2.35. The number of hydrogen-bond acceptors (Lipinski definition) is 4. The van der Waals surface area contributed by atoms with Crippen LogP contribution in [0.1, 0.15) is 35.2 Å². The molecule has 1 saturated heterocycles. The van der Waals surface area contributed by atoms with Gasteiger partial charge in [0, 0.05) is 18.1 Å². The van der Waals surface area contributed by atoms with Gasteiger partial charge in [-0.25, -0.2) is 8.42 Å². The highest BCUT2D eigenvalue weighted by molar-refractivity contribution is 7.92. The number of ether oxygens (including phenoxy) is 1. The topological polar surface area (TPSA) is 75.7 Å². The van der Waals surface area contributed by atoms with E-state index in [9.17, 15) is 13.2 Å². The number of likely N-dealkylation sites (tertiary alicyclic amines) is 1.